The van der Waals surface area contributed by atoms with Gasteiger partial charge >= 0.3 is 5.97 Å². The molecule has 2 aromatic carbocycles. The molecule has 0 unspecified atom stereocenters. The first-order valence-electron chi connectivity index (χ1n) is 6.25. The van der Waals surface area contributed by atoms with E-state index in [1.807, 2.05) is 30.3 Å². The van der Waals surface area contributed by atoms with Crippen LogP contribution in [-0.4, -0.2) is 36.1 Å². The smallest absolute Gasteiger partial charge is 0.317 e. The summed E-state index contributed by atoms with van der Waals surface area (Å²) in [6.45, 7) is 0.264. The van der Waals surface area contributed by atoms with E-state index < -0.39 is 5.97 Å². The Morgan fingerprint density at radius 3 is 2.71 bits per heavy atom. The van der Waals surface area contributed by atoms with Gasteiger partial charge in [-0.15, -0.1) is 0 Å². The van der Waals surface area contributed by atoms with Gasteiger partial charge < -0.3 is 15.2 Å². The molecule has 110 valence electrons. The normalized spacial score (nSPS) is 10.6. The van der Waals surface area contributed by atoms with Crippen molar-refractivity contribution in [2.24, 2.45) is 0 Å². The van der Waals surface area contributed by atoms with Gasteiger partial charge in [0.2, 0.25) is 0 Å². The average Bonchev–Trinajstić information content (AvgIpc) is 2.47. The predicted octanol–water partition coefficient (Wildman–Crippen LogP) is 2.85. The zero-order valence-corrected chi connectivity index (χ0v) is 14.3. The van der Waals surface area contributed by atoms with Crippen molar-refractivity contribution in [3.05, 3.63) is 39.5 Å². The summed E-state index contributed by atoms with van der Waals surface area (Å²) < 4.78 is 6.36. The van der Waals surface area contributed by atoms with Crippen LogP contribution in [0.1, 0.15) is 5.56 Å². The molecule has 2 aromatic rings. The Balaban J connectivity index is 2.34. The standard InChI is InChI=1S/C15H14INO3S/c1-20-12-6-5-9-10(3-2-4-11(9)15(12)16)13(21)7-17-8-14(18)19/h2-6,17H,7-8H2,1H3,(H,18,19). The molecule has 2 rings (SSSR count). The van der Waals surface area contributed by atoms with Crippen LogP contribution in [-0.2, 0) is 4.79 Å². The van der Waals surface area contributed by atoms with Crippen LogP contribution in [0, 0.1) is 3.57 Å². The van der Waals surface area contributed by atoms with Crippen LogP contribution in [0.3, 0.4) is 0 Å². The topological polar surface area (TPSA) is 58.6 Å². The molecule has 0 fully saturated rings. The molecule has 0 aliphatic rings. The van der Waals surface area contributed by atoms with Crippen molar-refractivity contribution in [1.29, 1.82) is 0 Å². The third-order valence-electron chi connectivity index (χ3n) is 3.04. The van der Waals surface area contributed by atoms with E-state index in [0.29, 0.717) is 11.4 Å². The molecular weight excluding hydrogens is 401 g/mol. The summed E-state index contributed by atoms with van der Waals surface area (Å²) in [4.78, 5) is 11.2. The highest BCUT2D eigenvalue weighted by Gasteiger charge is 2.11. The molecule has 0 saturated carbocycles. The van der Waals surface area contributed by atoms with E-state index in [1.54, 1.807) is 7.11 Å². The molecule has 0 spiro atoms. The van der Waals surface area contributed by atoms with Crippen molar-refractivity contribution >= 4 is 56.4 Å². The minimum Gasteiger partial charge on any atom is -0.496 e. The predicted molar refractivity (Wildman–Crippen MR) is 95.4 cm³/mol. The Hall–Kier alpha value is -1.25. The Labute approximate surface area is 141 Å². The largest absolute Gasteiger partial charge is 0.496 e. The first-order valence-corrected chi connectivity index (χ1v) is 7.74. The second kappa shape index (κ2) is 7.15. The van der Waals surface area contributed by atoms with Gasteiger partial charge in [-0.2, -0.15) is 0 Å². The number of aliphatic carboxylic acids is 1. The summed E-state index contributed by atoms with van der Waals surface area (Å²) in [6.07, 6.45) is 0. The van der Waals surface area contributed by atoms with E-state index in [9.17, 15) is 4.79 Å². The van der Waals surface area contributed by atoms with Crippen molar-refractivity contribution in [3.8, 4) is 5.75 Å². The van der Waals surface area contributed by atoms with E-state index in [0.717, 1.165) is 25.7 Å². The highest BCUT2D eigenvalue weighted by Crippen LogP contribution is 2.31. The lowest BCUT2D eigenvalue weighted by Gasteiger charge is -2.12. The second-order valence-electron chi connectivity index (χ2n) is 4.40. The van der Waals surface area contributed by atoms with Crippen molar-refractivity contribution in [3.63, 3.8) is 0 Å². The molecule has 4 nitrogen and oxygen atoms in total. The fourth-order valence-corrected chi connectivity index (χ4v) is 3.23. The molecule has 6 heteroatoms. The van der Waals surface area contributed by atoms with Crippen molar-refractivity contribution < 1.29 is 14.6 Å². The number of halogens is 1. The number of carboxylic acid groups (broad SMARTS) is 1. The molecule has 0 radical (unpaired) electrons. The Kier molecular flexibility index (Phi) is 5.49. The van der Waals surface area contributed by atoms with Crippen molar-refractivity contribution in [2.75, 3.05) is 20.2 Å². The fourth-order valence-electron chi connectivity index (χ4n) is 2.08. The number of rotatable bonds is 6. The Morgan fingerprint density at radius 1 is 1.29 bits per heavy atom. The summed E-state index contributed by atoms with van der Waals surface area (Å²) >= 11 is 7.67. The number of nitrogens with one attached hydrogen (secondary N) is 1. The van der Waals surface area contributed by atoms with Gasteiger partial charge in [-0.05, 0) is 51.1 Å². The number of methoxy groups -OCH3 is 1. The van der Waals surface area contributed by atoms with Crippen LogP contribution in [0.25, 0.3) is 10.8 Å². The average molecular weight is 415 g/mol. The quantitative estimate of drug-likeness (QED) is 0.432. The number of thiocarbonyl (C=S) groups is 1. The van der Waals surface area contributed by atoms with Gasteiger partial charge in [-0.25, -0.2) is 0 Å². The summed E-state index contributed by atoms with van der Waals surface area (Å²) in [5.74, 6) is -0.0647. The van der Waals surface area contributed by atoms with Crippen LogP contribution in [0.5, 0.6) is 5.75 Å². The Bertz CT molecular complexity index is 703. The zero-order valence-electron chi connectivity index (χ0n) is 11.4. The van der Waals surface area contributed by atoms with Crippen molar-refractivity contribution in [2.45, 2.75) is 0 Å². The minimum absolute atomic E-state index is 0.101. The highest BCUT2D eigenvalue weighted by atomic mass is 127. The molecule has 0 bridgehead atoms. The lowest BCUT2D eigenvalue weighted by Crippen LogP contribution is -2.28. The van der Waals surface area contributed by atoms with Gasteiger partial charge in [0.15, 0.2) is 0 Å². The van der Waals surface area contributed by atoms with Gasteiger partial charge in [-0.3, -0.25) is 4.79 Å². The lowest BCUT2D eigenvalue weighted by atomic mass is 10.0. The number of ether oxygens (including phenoxy) is 1. The zero-order chi connectivity index (χ0) is 15.4. The summed E-state index contributed by atoms with van der Waals surface area (Å²) in [5, 5.41) is 13.6. The lowest BCUT2D eigenvalue weighted by molar-refractivity contribution is -0.135. The minimum atomic E-state index is -0.894. The van der Waals surface area contributed by atoms with Crippen LogP contribution in [0.4, 0.5) is 0 Å². The third-order valence-corrected chi connectivity index (χ3v) is 4.52. The molecule has 0 heterocycles. The number of carbonyl (C=O) groups is 1. The van der Waals surface area contributed by atoms with Crippen LogP contribution < -0.4 is 10.1 Å². The fraction of sp³-hybridized carbons (Fsp3) is 0.200. The highest BCUT2D eigenvalue weighted by molar-refractivity contribution is 14.1. The number of fused-ring (bicyclic) bond motifs is 1. The number of hydrogen-bond donors (Lipinski definition) is 2. The maximum absolute atomic E-state index is 10.5. The first-order chi connectivity index (χ1) is 10.0. The molecule has 0 saturated heterocycles. The summed E-state index contributed by atoms with van der Waals surface area (Å²) in [6, 6.07) is 9.82. The molecule has 0 aliphatic heterocycles. The van der Waals surface area contributed by atoms with Crippen molar-refractivity contribution in [1.82, 2.24) is 5.32 Å². The van der Waals surface area contributed by atoms with E-state index in [4.69, 9.17) is 22.1 Å². The van der Waals surface area contributed by atoms with Gasteiger partial charge in [-0.1, -0.05) is 30.4 Å². The van der Waals surface area contributed by atoms with Gasteiger partial charge in [0.05, 0.1) is 17.2 Å². The first kappa shape index (κ1) is 16.1. The monoisotopic (exact) mass is 415 g/mol. The Morgan fingerprint density at radius 2 is 2.05 bits per heavy atom. The van der Waals surface area contributed by atoms with E-state index >= 15 is 0 Å². The van der Waals surface area contributed by atoms with Crippen LogP contribution in [0.15, 0.2) is 30.3 Å². The second-order valence-corrected chi connectivity index (χ2v) is 5.97. The van der Waals surface area contributed by atoms with E-state index in [-0.39, 0.29) is 6.54 Å². The van der Waals surface area contributed by atoms with Gasteiger partial charge in [0, 0.05) is 11.4 Å². The van der Waals surface area contributed by atoms with E-state index in [1.165, 1.54) is 0 Å². The maximum Gasteiger partial charge on any atom is 0.317 e. The molecule has 21 heavy (non-hydrogen) atoms. The maximum atomic E-state index is 10.5. The van der Waals surface area contributed by atoms with E-state index in [2.05, 4.69) is 27.9 Å². The number of hydrogen-bond acceptors (Lipinski definition) is 4. The molecule has 0 amide bonds. The molecule has 2 N–H and O–H groups in total. The molecule has 0 aliphatic carbocycles. The molecule has 0 atom stereocenters. The summed E-state index contributed by atoms with van der Waals surface area (Å²) in [5.41, 5.74) is 0.945. The molecular formula is C15H14INO3S. The SMILES string of the molecule is COc1ccc2c(C(=S)CNCC(=O)O)cccc2c1I. The third kappa shape index (κ3) is 3.69. The van der Waals surface area contributed by atoms with Crippen LogP contribution >= 0.6 is 34.8 Å². The number of benzene rings is 2. The van der Waals surface area contributed by atoms with Crippen LogP contribution in [0.2, 0.25) is 0 Å². The van der Waals surface area contributed by atoms with Gasteiger partial charge in [0.25, 0.3) is 0 Å². The van der Waals surface area contributed by atoms with Gasteiger partial charge in [0.1, 0.15) is 5.75 Å². The molecule has 0 aromatic heterocycles. The number of carboxylic acids is 1. The summed E-state index contributed by atoms with van der Waals surface area (Å²) in [7, 11) is 1.65.